The van der Waals surface area contributed by atoms with Crippen LogP contribution in [-0.4, -0.2) is 42.2 Å². The summed E-state index contributed by atoms with van der Waals surface area (Å²) in [6, 6.07) is 0. The highest BCUT2D eigenvalue weighted by molar-refractivity contribution is 8.13. The van der Waals surface area contributed by atoms with Gasteiger partial charge in [-0.15, -0.1) is 11.8 Å². The summed E-state index contributed by atoms with van der Waals surface area (Å²) in [5.41, 5.74) is 4.72. The molecule has 0 bridgehead atoms. The summed E-state index contributed by atoms with van der Waals surface area (Å²) in [5.74, 6) is 5.62. The van der Waals surface area contributed by atoms with Crippen LogP contribution < -0.4 is 11.3 Å². The van der Waals surface area contributed by atoms with Crippen molar-refractivity contribution in [3.8, 4) is 0 Å². The van der Waals surface area contributed by atoms with Gasteiger partial charge in [0.2, 0.25) is 5.91 Å². The first-order chi connectivity index (χ1) is 9.49. The molecule has 1 amide bonds. The van der Waals surface area contributed by atoms with Crippen molar-refractivity contribution in [3.05, 3.63) is 11.1 Å². The Morgan fingerprint density at radius 2 is 2.00 bits per heavy atom. The van der Waals surface area contributed by atoms with Crippen molar-refractivity contribution >= 4 is 22.7 Å². The lowest BCUT2D eigenvalue weighted by Gasteiger charge is -2.18. The van der Waals surface area contributed by atoms with Gasteiger partial charge < -0.3 is 4.90 Å². The Morgan fingerprint density at radius 3 is 2.50 bits per heavy atom. The Balaban J connectivity index is 2.48. The molecule has 0 saturated heterocycles. The average molecular weight is 298 g/mol. The second-order valence-electron chi connectivity index (χ2n) is 5.34. The fourth-order valence-corrected chi connectivity index (χ4v) is 2.66. The first-order valence-corrected chi connectivity index (χ1v) is 8.22. The van der Waals surface area contributed by atoms with Gasteiger partial charge in [-0.25, -0.2) is 5.84 Å². The molecule has 0 radical (unpaired) electrons. The highest BCUT2D eigenvalue weighted by Gasteiger charge is 2.26. The maximum atomic E-state index is 11.1. The molecule has 0 spiro atoms. The lowest BCUT2D eigenvalue weighted by atomic mass is 10.0. The van der Waals surface area contributed by atoms with Crippen molar-refractivity contribution in [2.75, 3.05) is 26.4 Å². The van der Waals surface area contributed by atoms with Crippen LogP contribution in [0.15, 0.2) is 11.1 Å². The van der Waals surface area contributed by atoms with Crippen LogP contribution in [-0.2, 0) is 4.79 Å². The third-order valence-electron chi connectivity index (χ3n) is 3.77. The number of nitrogens with two attached hydrogens (primary N) is 1. The molecule has 0 aromatic rings. The van der Waals surface area contributed by atoms with Crippen LogP contribution >= 0.6 is 11.8 Å². The van der Waals surface area contributed by atoms with E-state index in [1.54, 1.807) is 0 Å². The van der Waals surface area contributed by atoms with Crippen LogP contribution in [0, 0.1) is 11.3 Å². The number of nitrogens with zero attached hydrogens (tertiary/aromatic N) is 1. The lowest BCUT2D eigenvalue weighted by Crippen LogP contribution is -2.33. The number of allylic oxidation sites excluding steroid dienone is 1. The van der Waals surface area contributed by atoms with Gasteiger partial charge in [0.1, 0.15) is 0 Å². The Hall–Kier alpha value is -0.850. The van der Waals surface area contributed by atoms with E-state index in [9.17, 15) is 4.79 Å². The molecule has 20 heavy (non-hydrogen) atoms. The number of carbonyl (C=O) groups is 1. The molecule has 0 heterocycles. The maximum Gasteiger partial charge on any atom is 0.235 e. The molecule has 0 unspecified atom stereocenters. The highest BCUT2D eigenvalue weighted by atomic mass is 32.2. The summed E-state index contributed by atoms with van der Waals surface area (Å²) in [7, 11) is 2.00. The number of nitrogens with one attached hydrogen (secondary N) is 2. The molecule has 1 aliphatic rings. The van der Waals surface area contributed by atoms with E-state index in [1.807, 2.05) is 13.3 Å². The van der Waals surface area contributed by atoms with Crippen LogP contribution in [0.2, 0.25) is 0 Å². The van der Waals surface area contributed by atoms with Crippen molar-refractivity contribution in [2.24, 2.45) is 11.8 Å². The number of thioether (sulfide) groups is 1. The molecule has 4 N–H and O–H groups in total. The van der Waals surface area contributed by atoms with Crippen molar-refractivity contribution in [3.63, 3.8) is 0 Å². The summed E-state index contributed by atoms with van der Waals surface area (Å²) in [4.78, 5) is 13.2. The molecule has 0 aromatic heterocycles. The van der Waals surface area contributed by atoms with E-state index < -0.39 is 0 Å². The van der Waals surface area contributed by atoms with E-state index in [0.29, 0.717) is 23.9 Å². The molecular formula is C14H26N4OS. The number of amides is 1. The predicted molar refractivity (Wildman–Crippen MR) is 85.7 cm³/mol. The lowest BCUT2D eigenvalue weighted by molar-refractivity contribution is -0.121. The van der Waals surface area contributed by atoms with Crippen molar-refractivity contribution in [2.45, 2.75) is 32.6 Å². The van der Waals surface area contributed by atoms with Crippen LogP contribution in [0.3, 0.4) is 0 Å². The molecule has 1 saturated carbocycles. The van der Waals surface area contributed by atoms with Gasteiger partial charge in [-0.3, -0.25) is 15.6 Å². The SMILES string of the molecule is CSC(=N)C(CCN(C)CCC(=O)NN)=C(C)C1CC1. The first kappa shape index (κ1) is 17.2. The molecule has 0 aromatic carbocycles. The summed E-state index contributed by atoms with van der Waals surface area (Å²) < 4.78 is 0. The standard InChI is InChI=1S/C14H26N4OS/c1-10(11-4-5-11)12(14(15)20-3)6-8-18(2)9-7-13(19)17-16/h11,15H,4-9,16H2,1-3H3,(H,17,19). The monoisotopic (exact) mass is 298 g/mol. The topological polar surface area (TPSA) is 82.2 Å². The largest absolute Gasteiger partial charge is 0.306 e. The van der Waals surface area contributed by atoms with Gasteiger partial charge in [-0.2, -0.15) is 0 Å². The molecule has 6 heteroatoms. The van der Waals surface area contributed by atoms with E-state index in [2.05, 4.69) is 17.2 Å². The van der Waals surface area contributed by atoms with Gasteiger partial charge in [0.15, 0.2) is 0 Å². The maximum absolute atomic E-state index is 11.1. The van der Waals surface area contributed by atoms with E-state index in [0.717, 1.165) is 13.0 Å². The van der Waals surface area contributed by atoms with Crippen molar-refractivity contribution in [1.29, 1.82) is 5.41 Å². The summed E-state index contributed by atoms with van der Waals surface area (Å²) in [6.45, 7) is 3.71. The van der Waals surface area contributed by atoms with Crippen LogP contribution in [0.5, 0.6) is 0 Å². The summed E-state index contributed by atoms with van der Waals surface area (Å²) in [6.07, 6.45) is 5.78. The third-order valence-corrected chi connectivity index (χ3v) is 4.42. The molecular weight excluding hydrogens is 272 g/mol. The zero-order valence-electron chi connectivity index (χ0n) is 12.7. The Labute approximate surface area is 125 Å². The van der Waals surface area contributed by atoms with Crippen molar-refractivity contribution in [1.82, 2.24) is 10.3 Å². The van der Waals surface area contributed by atoms with Gasteiger partial charge in [0.05, 0.1) is 5.04 Å². The van der Waals surface area contributed by atoms with Gasteiger partial charge >= 0.3 is 0 Å². The van der Waals surface area contributed by atoms with E-state index in [1.165, 1.54) is 35.7 Å². The third kappa shape index (κ3) is 5.64. The molecule has 1 aliphatic carbocycles. The minimum absolute atomic E-state index is 0.140. The normalized spacial score (nSPS) is 16.1. The second-order valence-corrected chi connectivity index (χ2v) is 6.16. The minimum Gasteiger partial charge on any atom is -0.306 e. The zero-order valence-corrected chi connectivity index (χ0v) is 13.5. The van der Waals surface area contributed by atoms with Gasteiger partial charge in [0.25, 0.3) is 0 Å². The second kappa shape index (κ2) is 8.44. The molecule has 0 aliphatic heterocycles. The fourth-order valence-electron chi connectivity index (χ4n) is 2.15. The smallest absolute Gasteiger partial charge is 0.235 e. The molecule has 1 fully saturated rings. The Kier molecular flexibility index (Phi) is 7.26. The van der Waals surface area contributed by atoms with Gasteiger partial charge in [-0.05, 0) is 51.0 Å². The van der Waals surface area contributed by atoms with Crippen LogP contribution in [0.1, 0.15) is 32.6 Å². The fraction of sp³-hybridized carbons (Fsp3) is 0.714. The van der Waals surface area contributed by atoms with Gasteiger partial charge in [-0.1, -0.05) is 5.57 Å². The van der Waals surface area contributed by atoms with Gasteiger partial charge in [0, 0.05) is 19.5 Å². The highest BCUT2D eigenvalue weighted by Crippen LogP contribution is 2.39. The Bertz CT molecular complexity index is 391. The zero-order chi connectivity index (χ0) is 15.1. The predicted octanol–water partition coefficient (Wildman–Crippen LogP) is 1.76. The molecule has 1 rings (SSSR count). The number of rotatable bonds is 8. The van der Waals surface area contributed by atoms with E-state index in [4.69, 9.17) is 11.3 Å². The van der Waals surface area contributed by atoms with E-state index >= 15 is 0 Å². The van der Waals surface area contributed by atoms with E-state index in [-0.39, 0.29) is 5.91 Å². The van der Waals surface area contributed by atoms with Crippen LogP contribution in [0.25, 0.3) is 0 Å². The molecule has 0 atom stereocenters. The average Bonchev–Trinajstić information content (AvgIpc) is 3.28. The molecule has 5 nitrogen and oxygen atoms in total. The number of hydrogen-bond acceptors (Lipinski definition) is 5. The van der Waals surface area contributed by atoms with Crippen molar-refractivity contribution < 1.29 is 4.79 Å². The number of hydrazine groups is 1. The number of hydrogen-bond donors (Lipinski definition) is 3. The first-order valence-electron chi connectivity index (χ1n) is 7.00. The summed E-state index contributed by atoms with van der Waals surface area (Å²) >= 11 is 1.51. The quantitative estimate of drug-likeness (QED) is 0.210. The van der Waals surface area contributed by atoms with Crippen LogP contribution in [0.4, 0.5) is 0 Å². The summed E-state index contributed by atoms with van der Waals surface area (Å²) in [5, 5.41) is 8.78. The minimum atomic E-state index is -0.140. The molecule has 114 valence electrons. The Morgan fingerprint density at radius 1 is 1.40 bits per heavy atom. The number of carbonyl (C=O) groups excluding carboxylic acids is 1.